The maximum atomic E-state index is 13.4. The second kappa shape index (κ2) is 9.89. The normalized spacial score (nSPS) is 12.0. The number of carboxylic acid groups (broad SMARTS) is 1. The van der Waals surface area contributed by atoms with E-state index < -0.39 is 29.6 Å². The van der Waals surface area contributed by atoms with Gasteiger partial charge in [-0.05, 0) is 25.1 Å². The van der Waals surface area contributed by atoms with Gasteiger partial charge in [-0.2, -0.15) is 0 Å². The molecule has 0 radical (unpaired) electrons. The topological polar surface area (TPSA) is 78.4 Å². The smallest absolute Gasteiger partial charge is 0.321 e. The number of carboxylic acids is 1. The minimum atomic E-state index is -1.14. The van der Waals surface area contributed by atoms with Crippen LogP contribution in [0.1, 0.15) is 39.0 Å². The van der Waals surface area contributed by atoms with Crippen LogP contribution in [0, 0.1) is 11.6 Å². The van der Waals surface area contributed by atoms with Gasteiger partial charge in [0.25, 0.3) is 0 Å². The number of rotatable bonds is 10. The molecule has 0 fully saturated rings. The first-order valence-corrected chi connectivity index (χ1v) is 7.65. The van der Waals surface area contributed by atoms with E-state index in [1.165, 1.54) is 0 Å². The molecule has 1 amide bonds. The first-order valence-electron chi connectivity index (χ1n) is 7.65. The van der Waals surface area contributed by atoms with Crippen LogP contribution in [-0.2, 0) is 9.59 Å². The Morgan fingerprint density at radius 3 is 2.57 bits per heavy atom. The summed E-state index contributed by atoms with van der Waals surface area (Å²) in [4.78, 5) is 23.0. The van der Waals surface area contributed by atoms with Gasteiger partial charge in [-0.3, -0.25) is 9.59 Å². The minimum absolute atomic E-state index is 0.177. The van der Waals surface area contributed by atoms with Crippen LogP contribution >= 0.6 is 0 Å². The van der Waals surface area contributed by atoms with Gasteiger partial charge in [0.15, 0.2) is 0 Å². The molecule has 0 spiro atoms. The zero-order valence-electron chi connectivity index (χ0n) is 13.1. The third-order valence-corrected chi connectivity index (χ3v) is 3.31. The van der Waals surface area contributed by atoms with Crippen LogP contribution in [0.25, 0.3) is 0 Å². The molecule has 0 aliphatic rings. The number of unbranched alkanes of at least 4 members (excludes halogenated alkanes) is 3. The van der Waals surface area contributed by atoms with Gasteiger partial charge >= 0.3 is 5.97 Å². The van der Waals surface area contributed by atoms with Crippen LogP contribution in [0.4, 0.5) is 14.5 Å². The molecule has 23 heavy (non-hydrogen) atoms. The second-order valence-corrected chi connectivity index (χ2v) is 5.28. The molecule has 1 rings (SSSR count). The van der Waals surface area contributed by atoms with Crippen molar-refractivity contribution in [1.29, 1.82) is 0 Å². The van der Waals surface area contributed by atoms with Crippen molar-refractivity contribution in [3.8, 4) is 0 Å². The maximum Gasteiger partial charge on any atom is 0.321 e. The quantitative estimate of drug-likeness (QED) is 0.577. The van der Waals surface area contributed by atoms with Crippen LogP contribution in [0.15, 0.2) is 18.2 Å². The molecule has 0 saturated carbocycles. The van der Waals surface area contributed by atoms with Crippen LogP contribution in [0.3, 0.4) is 0 Å². The number of carbonyl (C=O) groups excluding carboxylic acids is 1. The van der Waals surface area contributed by atoms with Gasteiger partial charge in [0.1, 0.15) is 17.7 Å². The molecular weight excluding hydrogens is 306 g/mol. The van der Waals surface area contributed by atoms with Crippen LogP contribution < -0.4 is 10.6 Å². The largest absolute Gasteiger partial charge is 0.480 e. The monoisotopic (exact) mass is 328 g/mol. The molecule has 0 bridgehead atoms. The minimum Gasteiger partial charge on any atom is -0.480 e. The summed E-state index contributed by atoms with van der Waals surface area (Å²) in [5.74, 6) is -3.45. The molecule has 1 aromatic carbocycles. The van der Waals surface area contributed by atoms with Crippen molar-refractivity contribution >= 4 is 17.6 Å². The van der Waals surface area contributed by atoms with Crippen molar-refractivity contribution in [3.05, 3.63) is 29.8 Å². The summed E-state index contributed by atoms with van der Waals surface area (Å²) in [5, 5.41) is 14.2. The fourth-order valence-corrected chi connectivity index (χ4v) is 2.05. The summed E-state index contributed by atoms with van der Waals surface area (Å²) in [6, 6.07) is 1.71. The Balaban J connectivity index is 2.48. The van der Waals surface area contributed by atoms with Crippen molar-refractivity contribution in [2.75, 3.05) is 11.9 Å². The number of nitrogens with one attached hydrogen (secondary N) is 2. The average molecular weight is 328 g/mol. The van der Waals surface area contributed by atoms with Crippen molar-refractivity contribution in [2.45, 2.75) is 45.1 Å². The van der Waals surface area contributed by atoms with Gasteiger partial charge < -0.3 is 15.7 Å². The summed E-state index contributed by atoms with van der Waals surface area (Å²) in [6.45, 7) is 2.57. The molecule has 0 heterocycles. The molecule has 0 aromatic heterocycles. The Hall–Kier alpha value is -2.02. The van der Waals surface area contributed by atoms with Gasteiger partial charge in [0.2, 0.25) is 5.91 Å². The molecule has 0 saturated heterocycles. The number of carbonyl (C=O) groups is 2. The molecule has 128 valence electrons. The lowest BCUT2D eigenvalue weighted by Gasteiger charge is -2.14. The third-order valence-electron chi connectivity index (χ3n) is 3.31. The molecule has 7 heteroatoms. The van der Waals surface area contributed by atoms with Gasteiger partial charge in [0, 0.05) is 6.07 Å². The number of amides is 1. The lowest BCUT2D eigenvalue weighted by atomic mass is 10.1. The van der Waals surface area contributed by atoms with E-state index in [-0.39, 0.29) is 12.1 Å². The van der Waals surface area contributed by atoms with Gasteiger partial charge in [-0.1, -0.05) is 26.2 Å². The van der Waals surface area contributed by atoms with E-state index in [2.05, 4.69) is 17.6 Å². The van der Waals surface area contributed by atoms with Crippen LogP contribution in [0.5, 0.6) is 0 Å². The Morgan fingerprint density at radius 1 is 1.22 bits per heavy atom. The molecule has 1 atom stereocenters. The highest BCUT2D eigenvalue weighted by molar-refractivity contribution is 5.94. The highest BCUT2D eigenvalue weighted by Gasteiger charge is 2.21. The highest BCUT2D eigenvalue weighted by Crippen LogP contribution is 2.15. The molecule has 5 nitrogen and oxygen atoms in total. The molecule has 1 unspecified atom stereocenters. The summed E-state index contributed by atoms with van der Waals surface area (Å²) >= 11 is 0. The Kier molecular flexibility index (Phi) is 8.18. The van der Waals surface area contributed by atoms with E-state index >= 15 is 0 Å². The van der Waals surface area contributed by atoms with Crippen molar-refractivity contribution in [2.24, 2.45) is 0 Å². The molecule has 1 aromatic rings. The highest BCUT2D eigenvalue weighted by atomic mass is 19.1. The summed E-state index contributed by atoms with van der Waals surface area (Å²) in [6.07, 6.45) is 3.63. The van der Waals surface area contributed by atoms with E-state index in [1.54, 1.807) is 0 Å². The first-order chi connectivity index (χ1) is 10.9. The van der Waals surface area contributed by atoms with E-state index in [0.717, 1.165) is 37.8 Å². The molecule has 0 aliphatic heterocycles. The van der Waals surface area contributed by atoms with Crippen molar-refractivity contribution in [3.63, 3.8) is 0 Å². The van der Waals surface area contributed by atoms with Gasteiger partial charge in [0.05, 0.1) is 12.1 Å². The molecular formula is C16H22F2N2O3. The predicted octanol–water partition coefficient (Wildman–Crippen LogP) is 2.92. The van der Waals surface area contributed by atoms with Crippen molar-refractivity contribution in [1.82, 2.24) is 5.32 Å². The Bertz CT molecular complexity index is 538. The lowest BCUT2D eigenvalue weighted by Crippen LogP contribution is -2.40. The fraction of sp³-hybridized carbons (Fsp3) is 0.500. The summed E-state index contributed by atoms with van der Waals surface area (Å²) < 4.78 is 26.2. The lowest BCUT2D eigenvalue weighted by molar-refractivity contribution is -0.141. The number of benzene rings is 1. The fourth-order valence-electron chi connectivity index (χ4n) is 2.05. The molecule has 3 N–H and O–H groups in total. The zero-order chi connectivity index (χ0) is 17.2. The van der Waals surface area contributed by atoms with E-state index in [9.17, 15) is 18.4 Å². The predicted molar refractivity (Wildman–Crippen MR) is 83.2 cm³/mol. The first kappa shape index (κ1) is 19.0. The number of halogens is 2. The number of hydrogen-bond acceptors (Lipinski definition) is 3. The Morgan fingerprint density at radius 2 is 1.96 bits per heavy atom. The summed E-state index contributed by atoms with van der Waals surface area (Å²) in [7, 11) is 0. The standard InChI is InChI=1S/C16H22F2N2O3/c1-2-3-4-5-8-19-14(16(22)23)10-15(21)20-13-7-6-11(17)9-12(13)18/h6-7,9,14,19H,2-5,8,10H2,1H3,(H,20,21)(H,22,23). The average Bonchev–Trinajstić information content (AvgIpc) is 2.48. The van der Waals surface area contributed by atoms with E-state index in [0.29, 0.717) is 12.6 Å². The Labute approximate surface area is 134 Å². The number of anilines is 1. The van der Waals surface area contributed by atoms with E-state index in [1.807, 2.05) is 0 Å². The number of aliphatic carboxylic acids is 1. The third kappa shape index (κ3) is 7.19. The van der Waals surface area contributed by atoms with E-state index in [4.69, 9.17) is 5.11 Å². The number of hydrogen-bond donors (Lipinski definition) is 3. The summed E-state index contributed by atoms with van der Waals surface area (Å²) in [5.41, 5.74) is -0.177. The second-order valence-electron chi connectivity index (χ2n) is 5.28. The van der Waals surface area contributed by atoms with Crippen LogP contribution in [-0.4, -0.2) is 29.6 Å². The zero-order valence-corrected chi connectivity index (χ0v) is 13.1. The van der Waals surface area contributed by atoms with Gasteiger partial charge in [-0.15, -0.1) is 0 Å². The molecule has 0 aliphatic carbocycles. The van der Waals surface area contributed by atoms with Crippen LogP contribution in [0.2, 0.25) is 0 Å². The SMILES string of the molecule is CCCCCCNC(CC(=O)Nc1ccc(F)cc1F)C(=O)O. The van der Waals surface area contributed by atoms with Crippen molar-refractivity contribution < 1.29 is 23.5 Å². The maximum absolute atomic E-state index is 13.4. The van der Waals surface area contributed by atoms with Gasteiger partial charge in [-0.25, -0.2) is 8.78 Å².